The van der Waals surface area contributed by atoms with Gasteiger partial charge in [-0.2, -0.15) is 15.0 Å². The van der Waals surface area contributed by atoms with Crippen molar-refractivity contribution in [2.75, 3.05) is 55.1 Å². The summed E-state index contributed by atoms with van der Waals surface area (Å²) in [6.45, 7) is 4.40. The Bertz CT molecular complexity index is 461. The number of rotatable bonds is 5. The predicted molar refractivity (Wildman–Crippen MR) is 78.1 cm³/mol. The molecule has 1 unspecified atom stereocenters. The molecule has 1 aromatic rings. The average molecular weight is 295 g/mol. The van der Waals surface area contributed by atoms with Crippen LogP contribution in [-0.2, 0) is 9.47 Å². The van der Waals surface area contributed by atoms with E-state index in [4.69, 9.17) is 15.3 Å². The molecule has 4 N–H and O–H groups in total. The summed E-state index contributed by atoms with van der Waals surface area (Å²) in [7, 11) is 0. The predicted octanol–water partition coefficient (Wildman–Crippen LogP) is -0.415. The van der Waals surface area contributed by atoms with Gasteiger partial charge in [-0.25, -0.2) is 5.84 Å². The van der Waals surface area contributed by atoms with Crippen molar-refractivity contribution in [2.45, 2.75) is 18.9 Å². The average Bonchev–Trinajstić information content (AvgIpc) is 3.07. The van der Waals surface area contributed by atoms with Crippen LogP contribution in [-0.4, -0.2) is 60.5 Å². The van der Waals surface area contributed by atoms with E-state index in [2.05, 4.69) is 30.6 Å². The molecule has 0 aliphatic carbocycles. The quantitative estimate of drug-likeness (QED) is 0.493. The zero-order chi connectivity index (χ0) is 14.5. The van der Waals surface area contributed by atoms with Crippen LogP contribution in [0.1, 0.15) is 12.8 Å². The zero-order valence-electron chi connectivity index (χ0n) is 11.9. The molecule has 21 heavy (non-hydrogen) atoms. The number of nitrogens with two attached hydrogens (primary N) is 1. The summed E-state index contributed by atoms with van der Waals surface area (Å²) in [6, 6.07) is 0. The van der Waals surface area contributed by atoms with Crippen molar-refractivity contribution in [3.8, 4) is 0 Å². The minimum atomic E-state index is 0.225. The van der Waals surface area contributed by atoms with Crippen molar-refractivity contribution in [3.63, 3.8) is 0 Å². The Labute approximate surface area is 123 Å². The van der Waals surface area contributed by atoms with Gasteiger partial charge >= 0.3 is 0 Å². The molecule has 9 nitrogen and oxygen atoms in total. The molecule has 3 rings (SSSR count). The maximum Gasteiger partial charge on any atom is 0.243 e. The van der Waals surface area contributed by atoms with E-state index < -0.39 is 0 Å². The van der Waals surface area contributed by atoms with Crippen molar-refractivity contribution in [3.05, 3.63) is 0 Å². The number of nitrogen functional groups attached to an aromatic ring is 1. The maximum atomic E-state index is 5.58. The molecule has 3 heterocycles. The zero-order valence-corrected chi connectivity index (χ0v) is 11.9. The summed E-state index contributed by atoms with van der Waals surface area (Å²) < 4.78 is 10.9. The fraction of sp³-hybridized carbons (Fsp3) is 0.750. The summed E-state index contributed by atoms with van der Waals surface area (Å²) in [6.07, 6.45) is 2.40. The molecule has 0 amide bonds. The topological polar surface area (TPSA) is 110 Å². The van der Waals surface area contributed by atoms with E-state index >= 15 is 0 Å². The molecule has 2 fully saturated rings. The van der Waals surface area contributed by atoms with Crippen LogP contribution in [0.4, 0.5) is 17.8 Å². The number of aromatic nitrogens is 3. The van der Waals surface area contributed by atoms with Crippen LogP contribution in [0.5, 0.6) is 0 Å². The van der Waals surface area contributed by atoms with Crippen molar-refractivity contribution in [1.29, 1.82) is 0 Å². The Balaban J connectivity index is 1.69. The summed E-state index contributed by atoms with van der Waals surface area (Å²) in [4.78, 5) is 15.0. The van der Waals surface area contributed by atoms with Gasteiger partial charge in [0, 0.05) is 26.2 Å². The smallest absolute Gasteiger partial charge is 0.243 e. The maximum absolute atomic E-state index is 5.58. The molecule has 0 radical (unpaired) electrons. The monoisotopic (exact) mass is 295 g/mol. The van der Waals surface area contributed by atoms with E-state index in [9.17, 15) is 0 Å². The van der Waals surface area contributed by atoms with Crippen molar-refractivity contribution in [2.24, 2.45) is 5.84 Å². The third-order valence-electron chi connectivity index (χ3n) is 3.56. The van der Waals surface area contributed by atoms with Gasteiger partial charge in [0.1, 0.15) is 0 Å². The van der Waals surface area contributed by atoms with Crippen LogP contribution in [0.25, 0.3) is 0 Å². The molecular formula is C12H21N7O2. The number of hydrazine groups is 1. The lowest BCUT2D eigenvalue weighted by Gasteiger charge is -2.27. The highest BCUT2D eigenvalue weighted by molar-refractivity contribution is 5.43. The molecule has 9 heteroatoms. The van der Waals surface area contributed by atoms with Gasteiger partial charge in [0.05, 0.1) is 19.3 Å². The van der Waals surface area contributed by atoms with E-state index in [1.807, 2.05) is 0 Å². The van der Waals surface area contributed by atoms with E-state index in [0.717, 1.165) is 32.5 Å². The van der Waals surface area contributed by atoms with Gasteiger partial charge < -0.3 is 19.7 Å². The second-order valence-corrected chi connectivity index (χ2v) is 5.04. The third-order valence-corrected chi connectivity index (χ3v) is 3.56. The Morgan fingerprint density at radius 3 is 2.67 bits per heavy atom. The highest BCUT2D eigenvalue weighted by Gasteiger charge is 2.18. The molecular weight excluding hydrogens is 274 g/mol. The normalized spacial score (nSPS) is 22.3. The molecule has 116 valence electrons. The highest BCUT2D eigenvalue weighted by Crippen LogP contribution is 2.16. The van der Waals surface area contributed by atoms with Crippen molar-refractivity contribution >= 4 is 17.8 Å². The lowest BCUT2D eigenvalue weighted by Crippen LogP contribution is -2.37. The Hall–Kier alpha value is -1.71. The first kappa shape index (κ1) is 14.2. The second kappa shape index (κ2) is 6.83. The first-order valence-corrected chi connectivity index (χ1v) is 7.26. The minimum Gasteiger partial charge on any atom is -0.378 e. The summed E-state index contributed by atoms with van der Waals surface area (Å²) >= 11 is 0. The highest BCUT2D eigenvalue weighted by atomic mass is 16.5. The van der Waals surface area contributed by atoms with Crippen molar-refractivity contribution in [1.82, 2.24) is 15.0 Å². The fourth-order valence-corrected chi connectivity index (χ4v) is 2.42. The number of ether oxygens (including phenoxy) is 2. The largest absolute Gasteiger partial charge is 0.378 e. The van der Waals surface area contributed by atoms with Gasteiger partial charge in [-0.1, -0.05) is 0 Å². The van der Waals surface area contributed by atoms with Crippen LogP contribution in [0.2, 0.25) is 0 Å². The molecule has 0 saturated carbocycles. The summed E-state index contributed by atoms with van der Waals surface area (Å²) in [5.41, 5.74) is 2.48. The fourth-order valence-electron chi connectivity index (χ4n) is 2.42. The van der Waals surface area contributed by atoms with Gasteiger partial charge in [-0.05, 0) is 12.8 Å². The third kappa shape index (κ3) is 3.69. The molecule has 1 atom stereocenters. The van der Waals surface area contributed by atoms with Gasteiger partial charge in [0.15, 0.2) is 0 Å². The number of hydrogen-bond donors (Lipinski definition) is 3. The lowest BCUT2D eigenvalue weighted by molar-refractivity contribution is 0.120. The van der Waals surface area contributed by atoms with Crippen LogP contribution in [0.3, 0.4) is 0 Å². The molecule has 2 aliphatic heterocycles. The van der Waals surface area contributed by atoms with Crippen LogP contribution >= 0.6 is 0 Å². The summed E-state index contributed by atoms with van der Waals surface area (Å²) in [5.74, 6) is 6.90. The van der Waals surface area contributed by atoms with Crippen LogP contribution in [0, 0.1) is 0 Å². The first-order valence-electron chi connectivity index (χ1n) is 7.26. The van der Waals surface area contributed by atoms with Gasteiger partial charge in [-0.15, -0.1) is 0 Å². The van der Waals surface area contributed by atoms with Gasteiger partial charge in [0.25, 0.3) is 0 Å². The Morgan fingerprint density at radius 2 is 1.95 bits per heavy atom. The molecule has 0 bridgehead atoms. The van der Waals surface area contributed by atoms with E-state index in [0.29, 0.717) is 37.6 Å². The van der Waals surface area contributed by atoms with Gasteiger partial charge in [-0.3, -0.25) is 5.43 Å². The standard InChI is InChI=1S/C12H21N7O2/c13-18-11-15-10(14-8-9-2-1-5-21-9)16-12(17-11)19-3-6-20-7-4-19/h9H,1-8,13H2,(H2,14,15,16,17,18). The van der Waals surface area contributed by atoms with E-state index in [1.54, 1.807) is 0 Å². The Kier molecular flexibility index (Phi) is 4.63. The van der Waals surface area contributed by atoms with E-state index in [1.165, 1.54) is 0 Å². The van der Waals surface area contributed by atoms with Crippen LogP contribution < -0.4 is 21.5 Å². The SMILES string of the molecule is NNc1nc(NCC2CCCO2)nc(N2CCOCC2)n1. The number of morpholine rings is 1. The molecule has 0 aromatic carbocycles. The molecule has 2 aliphatic rings. The van der Waals surface area contributed by atoms with Crippen molar-refractivity contribution < 1.29 is 9.47 Å². The second-order valence-electron chi connectivity index (χ2n) is 5.04. The summed E-state index contributed by atoms with van der Waals surface area (Å²) in [5, 5.41) is 3.20. The first-order chi connectivity index (χ1) is 10.3. The number of nitrogens with one attached hydrogen (secondary N) is 2. The van der Waals surface area contributed by atoms with Crippen LogP contribution in [0.15, 0.2) is 0 Å². The lowest BCUT2D eigenvalue weighted by atomic mass is 10.2. The van der Waals surface area contributed by atoms with E-state index in [-0.39, 0.29) is 6.10 Å². The molecule has 0 spiro atoms. The minimum absolute atomic E-state index is 0.225. The number of nitrogens with zero attached hydrogens (tertiary/aromatic N) is 4. The van der Waals surface area contributed by atoms with Gasteiger partial charge in [0.2, 0.25) is 17.8 Å². The Morgan fingerprint density at radius 1 is 1.14 bits per heavy atom. The number of hydrogen-bond acceptors (Lipinski definition) is 9. The molecule has 1 aromatic heterocycles. The number of anilines is 3. The molecule has 2 saturated heterocycles.